The zero-order valence-electron chi connectivity index (χ0n) is 4.49. The molecule has 0 fully saturated rings. The quantitative estimate of drug-likeness (QED) is 0.481. The normalized spacial score (nSPS) is 10.4. The van der Waals surface area contributed by atoms with Crippen LogP contribution in [0.5, 0.6) is 0 Å². The smallest absolute Gasteiger partial charge is 0.422 e. The van der Waals surface area contributed by atoms with Crippen LogP contribution in [-0.4, -0.2) is 26.2 Å². The summed E-state index contributed by atoms with van der Waals surface area (Å²) in [5, 5.41) is 0. The largest absolute Gasteiger partial charge is 0.452 e. The molecule has 6 nitrogen and oxygen atoms in total. The number of nitrogens with one attached hydrogen (secondary N) is 1. The number of hydrogen-bond acceptors (Lipinski definition) is 4. The molecule has 0 aromatic carbocycles. The first kappa shape index (κ1) is 8.18. The zero-order chi connectivity index (χ0) is 7.49. The lowest BCUT2D eigenvalue weighted by Crippen LogP contribution is -2.29. The van der Waals surface area contributed by atoms with Gasteiger partial charge in [-0.15, -0.1) is 0 Å². The Morgan fingerprint density at radius 2 is 2.11 bits per heavy atom. The Kier molecular flexibility index (Phi) is 2.41. The molecular formula is C2H5NO5S. The maximum atomic E-state index is 9.95. The van der Waals surface area contributed by atoms with Gasteiger partial charge >= 0.3 is 16.4 Å². The van der Waals surface area contributed by atoms with Crippen LogP contribution in [-0.2, 0) is 15.0 Å². The maximum Gasteiger partial charge on any atom is 0.422 e. The second kappa shape index (κ2) is 2.65. The molecule has 0 spiro atoms. The van der Waals surface area contributed by atoms with Crippen molar-refractivity contribution < 1.29 is 22.5 Å². The number of ether oxygens (including phenoxy) is 1. The highest BCUT2D eigenvalue weighted by molar-refractivity contribution is 7.84. The van der Waals surface area contributed by atoms with Crippen LogP contribution in [0.25, 0.3) is 0 Å². The molecule has 0 atom stereocenters. The fourth-order valence-electron chi connectivity index (χ4n) is 0.147. The van der Waals surface area contributed by atoms with Gasteiger partial charge in [-0.05, 0) is 0 Å². The van der Waals surface area contributed by atoms with Gasteiger partial charge < -0.3 is 4.74 Å². The van der Waals surface area contributed by atoms with Crippen LogP contribution in [0, 0.1) is 0 Å². The molecule has 2 N–H and O–H groups in total. The molecule has 9 heavy (non-hydrogen) atoms. The van der Waals surface area contributed by atoms with Crippen LogP contribution in [0.3, 0.4) is 0 Å². The fraction of sp³-hybridized carbons (Fsp3) is 0.500. The fourth-order valence-corrected chi connectivity index (χ4v) is 0.441. The van der Waals surface area contributed by atoms with Crippen molar-refractivity contribution in [2.24, 2.45) is 0 Å². The van der Waals surface area contributed by atoms with Gasteiger partial charge in [0.15, 0.2) is 0 Å². The Morgan fingerprint density at radius 1 is 1.67 bits per heavy atom. The average molecular weight is 155 g/mol. The molecule has 0 rings (SSSR count). The van der Waals surface area contributed by atoms with Crippen molar-refractivity contribution in [3.63, 3.8) is 0 Å². The molecule has 0 saturated carbocycles. The number of carbonyl (C=O) groups is 1. The standard InChI is InChI=1S/C2H5NO5S/c1-8-2(4)3-9(5,6)7/h1H3,(H,3,4)(H,5,6,7). The Morgan fingerprint density at radius 3 is 2.22 bits per heavy atom. The van der Waals surface area contributed by atoms with E-state index in [0.717, 1.165) is 11.8 Å². The van der Waals surface area contributed by atoms with E-state index in [9.17, 15) is 13.2 Å². The van der Waals surface area contributed by atoms with E-state index >= 15 is 0 Å². The van der Waals surface area contributed by atoms with Gasteiger partial charge in [-0.3, -0.25) is 4.55 Å². The summed E-state index contributed by atoms with van der Waals surface area (Å²) in [6, 6.07) is 0. The topological polar surface area (TPSA) is 92.7 Å². The SMILES string of the molecule is COC(=O)NS(=O)(=O)O. The highest BCUT2D eigenvalue weighted by atomic mass is 32.2. The third-order valence-corrected chi connectivity index (χ3v) is 0.822. The number of amides is 1. The van der Waals surface area contributed by atoms with Crippen LogP contribution in [0.2, 0.25) is 0 Å². The molecule has 0 aromatic rings. The summed E-state index contributed by atoms with van der Waals surface area (Å²) < 4.78 is 32.3. The van der Waals surface area contributed by atoms with Crippen molar-refractivity contribution in [2.75, 3.05) is 7.11 Å². The predicted molar refractivity (Wildman–Crippen MR) is 27.1 cm³/mol. The Labute approximate surface area is 51.7 Å². The van der Waals surface area contributed by atoms with Crippen molar-refractivity contribution in [1.29, 1.82) is 0 Å². The first-order valence-electron chi connectivity index (χ1n) is 1.79. The number of rotatable bonds is 1. The summed E-state index contributed by atoms with van der Waals surface area (Å²) in [5.41, 5.74) is 0. The Bertz CT molecular complexity index is 193. The van der Waals surface area contributed by atoms with Gasteiger partial charge in [-0.1, -0.05) is 0 Å². The van der Waals surface area contributed by atoms with Gasteiger partial charge in [0.25, 0.3) is 0 Å². The van der Waals surface area contributed by atoms with E-state index in [0.29, 0.717) is 0 Å². The molecule has 0 bridgehead atoms. The summed E-state index contributed by atoms with van der Waals surface area (Å²) in [5.74, 6) is 0. The first-order valence-corrected chi connectivity index (χ1v) is 3.23. The summed E-state index contributed by atoms with van der Waals surface area (Å²) in [6.07, 6.45) is -1.22. The molecule has 0 radical (unpaired) electrons. The van der Waals surface area contributed by atoms with E-state index in [-0.39, 0.29) is 0 Å². The van der Waals surface area contributed by atoms with Gasteiger partial charge in [0.1, 0.15) is 0 Å². The Balaban J connectivity index is 3.91. The van der Waals surface area contributed by atoms with Gasteiger partial charge in [0.2, 0.25) is 0 Å². The second-order valence-electron chi connectivity index (χ2n) is 1.07. The lowest BCUT2D eigenvalue weighted by Gasteiger charge is -1.96. The molecular weight excluding hydrogens is 150 g/mol. The average Bonchev–Trinajstić information content (AvgIpc) is 1.62. The third-order valence-electron chi connectivity index (χ3n) is 0.398. The Hall–Kier alpha value is -0.820. The maximum absolute atomic E-state index is 9.95. The van der Waals surface area contributed by atoms with E-state index in [1.807, 2.05) is 0 Å². The number of hydrogen-bond donors (Lipinski definition) is 2. The second-order valence-corrected chi connectivity index (χ2v) is 2.22. The van der Waals surface area contributed by atoms with Crippen molar-refractivity contribution in [3.05, 3.63) is 0 Å². The lowest BCUT2D eigenvalue weighted by atomic mass is 11.2. The van der Waals surface area contributed by atoms with E-state index in [2.05, 4.69) is 4.74 Å². The lowest BCUT2D eigenvalue weighted by molar-refractivity contribution is 0.177. The molecule has 0 saturated heterocycles. The van der Waals surface area contributed by atoms with Crippen LogP contribution < -0.4 is 4.72 Å². The van der Waals surface area contributed by atoms with Crippen molar-refractivity contribution >= 4 is 16.4 Å². The molecule has 0 unspecified atom stereocenters. The van der Waals surface area contributed by atoms with Gasteiger partial charge in [0.05, 0.1) is 7.11 Å². The van der Waals surface area contributed by atoms with Crippen LogP contribution in [0.4, 0.5) is 4.79 Å². The molecule has 0 aromatic heterocycles. The van der Waals surface area contributed by atoms with E-state index in [4.69, 9.17) is 4.55 Å². The van der Waals surface area contributed by atoms with Crippen molar-refractivity contribution in [3.8, 4) is 0 Å². The van der Waals surface area contributed by atoms with Crippen molar-refractivity contribution in [2.45, 2.75) is 0 Å². The monoisotopic (exact) mass is 155 g/mol. The van der Waals surface area contributed by atoms with E-state index < -0.39 is 16.4 Å². The van der Waals surface area contributed by atoms with Gasteiger partial charge in [-0.2, -0.15) is 13.1 Å². The van der Waals surface area contributed by atoms with Crippen LogP contribution >= 0.6 is 0 Å². The summed E-state index contributed by atoms with van der Waals surface area (Å²) in [6.45, 7) is 0. The highest BCUT2D eigenvalue weighted by Gasteiger charge is 2.07. The summed E-state index contributed by atoms with van der Waals surface area (Å²) >= 11 is 0. The minimum absolute atomic E-state index is 0.973. The molecule has 54 valence electrons. The number of carbonyl (C=O) groups excluding carboxylic acids is 1. The van der Waals surface area contributed by atoms with Gasteiger partial charge in [-0.25, -0.2) is 4.79 Å². The molecule has 0 aliphatic carbocycles. The van der Waals surface area contributed by atoms with Crippen LogP contribution in [0.15, 0.2) is 0 Å². The van der Waals surface area contributed by atoms with Gasteiger partial charge in [0, 0.05) is 0 Å². The molecule has 0 heterocycles. The third kappa shape index (κ3) is 5.04. The van der Waals surface area contributed by atoms with Crippen LogP contribution in [0.1, 0.15) is 0 Å². The minimum atomic E-state index is -4.46. The van der Waals surface area contributed by atoms with E-state index in [1.54, 1.807) is 0 Å². The summed E-state index contributed by atoms with van der Waals surface area (Å²) in [4.78, 5) is 9.95. The highest BCUT2D eigenvalue weighted by Crippen LogP contribution is 1.75. The van der Waals surface area contributed by atoms with Crippen molar-refractivity contribution in [1.82, 2.24) is 4.72 Å². The zero-order valence-corrected chi connectivity index (χ0v) is 5.30. The molecule has 0 aliphatic heterocycles. The minimum Gasteiger partial charge on any atom is -0.452 e. The molecule has 0 aliphatic rings. The predicted octanol–water partition coefficient (Wildman–Crippen LogP) is -0.855. The van der Waals surface area contributed by atoms with E-state index in [1.165, 1.54) is 0 Å². The molecule has 7 heteroatoms. The first-order chi connectivity index (χ1) is 3.95. The molecule has 1 amide bonds. The summed E-state index contributed by atoms with van der Waals surface area (Å²) in [7, 11) is -3.49. The number of methoxy groups -OCH3 is 1.